The van der Waals surface area contributed by atoms with Gasteiger partial charge in [-0.3, -0.25) is 9.36 Å². The van der Waals surface area contributed by atoms with E-state index in [1.807, 2.05) is 0 Å². The summed E-state index contributed by atoms with van der Waals surface area (Å²) >= 11 is 5.90. The minimum atomic E-state index is -2.52. The van der Waals surface area contributed by atoms with Gasteiger partial charge >= 0.3 is 0 Å². The number of aromatic nitrogens is 2. The zero-order chi connectivity index (χ0) is 16.4. The molecule has 1 heterocycles. The quantitative estimate of drug-likeness (QED) is 0.832. The summed E-state index contributed by atoms with van der Waals surface area (Å²) in [5.74, 6) is -3.15. The maximum Gasteiger partial charge on any atom is 0.258 e. The molecule has 3 nitrogen and oxygen atoms in total. The van der Waals surface area contributed by atoms with Crippen molar-refractivity contribution in [3.05, 3.63) is 57.2 Å². The lowest BCUT2D eigenvalue weighted by Gasteiger charge is -2.19. The van der Waals surface area contributed by atoms with Gasteiger partial charge in [-0.1, -0.05) is 11.6 Å². The van der Waals surface area contributed by atoms with Gasteiger partial charge in [-0.2, -0.15) is 0 Å². The molecule has 6 heteroatoms. The number of fused-ring (bicyclic) bond motifs is 1. The summed E-state index contributed by atoms with van der Waals surface area (Å²) in [5, 5.41) is 0.574. The largest absolute Gasteiger partial charge is 0.269 e. The van der Waals surface area contributed by atoms with Crippen molar-refractivity contribution in [1.82, 2.24) is 9.55 Å². The van der Waals surface area contributed by atoms with Crippen molar-refractivity contribution in [3.8, 4) is 5.69 Å². The molecule has 2 fully saturated rings. The monoisotopic (exact) mass is 336 g/mol. The molecule has 23 heavy (non-hydrogen) atoms. The lowest BCUT2D eigenvalue weighted by molar-refractivity contribution is 0.0689. The molecule has 2 aliphatic carbocycles. The Hall–Kier alpha value is -1.75. The standard InChI is InChI=1S/C17H15ClF2N2O/c1-9-6-15(23)22(12-4-2-11(18)3-5-12)16(21-9)10-7-13-14(8-10)17(13,19)20/h2-6,10,13-14H,7-8H2,1H3/t10-,13+,14-. The van der Waals surface area contributed by atoms with E-state index in [-0.39, 0.29) is 11.5 Å². The molecule has 0 aliphatic heterocycles. The van der Waals surface area contributed by atoms with Crippen LogP contribution < -0.4 is 5.56 Å². The second kappa shape index (κ2) is 4.87. The summed E-state index contributed by atoms with van der Waals surface area (Å²) < 4.78 is 28.4. The smallest absolute Gasteiger partial charge is 0.258 e. The van der Waals surface area contributed by atoms with Gasteiger partial charge in [0.25, 0.3) is 11.5 Å². The van der Waals surface area contributed by atoms with Crippen molar-refractivity contribution >= 4 is 11.6 Å². The number of rotatable bonds is 2. The summed E-state index contributed by atoms with van der Waals surface area (Å²) in [6.07, 6.45) is 0.780. The van der Waals surface area contributed by atoms with Crippen LogP contribution in [0.3, 0.4) is 0 Å². The van der Waals surface area contributed by atoms with Gasteiger partial charge < -0.3 is 0 Å². The van der Waals surface area contributed by atoms with Crippen LogP contribution in [-0.2, 0) is 0 Å². The molecule has 0 amide bonds. The average Bonchev–Trinajstić information content (AvgIpc) is 2.87. The van der Waals surface area contributed by atoms with Gasteiger partial charge in [0.15, 0.2) is 0 Å². The van der Waals surface area contributed by atoms with Gasteiger partial charge in [-0.15, -0.1) is 0 Å². The minimum Gasteiger partial charge on any atom is -0.269 e. The fourth-order valence-electron chi connectivity index (χ4n) is 3.77. The highest BCUT2D eigenvalue weighted by atomic mass is 35.5. The normalized spacial score (nSPS) is 27.7. The second-order valence-corrected chi connectivity index (χ2v) is 6.90. The van der Waals surface area contributed by atoms with Gasteiger partial charge in [0, 0.05) is 34.5 Å². The molecular formula is C17H15ClF2N2O. The number of hydrogen-bond donors (Lipinski definition) is 0. The Morgan fingerprint density at radius 2 is 1.83 bits per heavy atom. The lowest BCUT2D eigenvalue weighted by Crippen LogP contribution is -2.26. The maximum absolute atomic E-state index is 13.5. The SMILES string of the molecule is Cc1cc(=O)n(-c2ccc(Cl)cc2)c([C@H]2C[C@@H]3[C@H](C2)C3(F)F)n1. The first-order chi connectivity index (χ1) is 10.9. The topological polar surface area (TPSA) is 34.9 Å². The number of alkyl halides is 2. The fraction of sp³-hybridized carbons (Fsp3) is 0.412. The fourth-order valence-corrected chi connectivity index (χ4v) is 3.89. The van der Waals surface area contributed by atoms with Crippen LogP contribution in [0.15, 0.2) is 35.1 Å². The first-order valence-corrected chi connectivity index (χ1v) is 8.00. The zero-order valence-corrected chi connectivity index (χ0v) is 13.2. The molecule has 0 unspecified atom stereocenters. The molecule has 0 radical (unpaired) electrons. The van der Waals surface area contributed by atoms with E-state index in [0.29, 0.717) is 35.1 Å². The van der Waals surface area contributed by atoms with E-state index in [1.54, 1.807) is 31.2 Å². The highest BCUT2D eigenvalue weighted by Crippen LogP contribution is 2.67. The molecule has 3 atom stereocenters. The molecule has 0 bridgehead atoms. The number of benzene rings is 1. The third-order valence-corrected chi connectivity index (χ3v) is 5.22. The predicted octanol–water partition coefficient (Wildman–Crippen LogP) is 3.95. The first kappa shape index (κ1) is 14.8. The number of nitrogens with zero attached hydrogens (tertiary/aromatic N) is 2. The Balaban J connectivity index is 1.78. The molecule has 2 aliphatic rings. The van der Waals surface area contributed by atoms with Crippen molar-refractivity contribution in [3.63, 3.8) is 0 Å². The Labute approximate surface area is 136 Å². The molecule has 4 rings (SSSR count). The molecule has 2 saturated carbocycles. The van der Waals surface area contributed by atoms with Crippen LogP contribution in [0.5, 0.6) is 0 Å². The Morgan fingerprint density at radius 3 is 2.43 bits per heavy atom. The van der Waals surface area contributed by atoms with Crippen LogP contribution in [0.25, 0.3) is 5.69 Å². The van der Waals surface area contributed by atoms with E-state index in [4.69, 9.17) is 11.6 Å². The summed E-state index contributed by atoms with van der Waals surface area (Å²) in [5.41, 5.74) is 1.08. The van der Waals surface area contributed by atoms with Crippen molar-refractivity contribution < 1.29 is 8.78 Å². The molecular weight excluding hydrogens is 322 g/mol. The zero-order valence-electron chi connectivity index (χ0n) is 12.5. The van der Waals surface area contributed by atoms with E-state index in [0.717, 1.165) is 0 Å². The first-order valence-electron chi connectivity index (χ1n) is 7.62. The average molecular weight is 337 g/mol. The van der Waals surface area contributed by atoms with Gasteiger partial charge in [-0.25, -0.2) is 13.8 Å². The van der Waals surface area contributed by atoms with Crippen molar-refractivity contribution in [2.75, 3.05) is 0 Å². The van der Waals surface area contributed by atoms with Crippen molar-refractivity contribution in [2.24, 2.45) is 11.8 Å². The van der Waals surface area contributed by atoms with Crippen molar-refractivity contribution in [1.29, 1.82) is 0 Å². The Bertz CT molecular complexity index is 817. The van der Waals surface area contributed by atoms with Crippen LogP contribution in [0.1, 0.15) is 30.3 Å². The summed E-state index contributed by atoms with van der Waals surface area (Å²) in [6.45, 7) is 1.75. The summed E-state index contributed by atoms with van der Waals surface area (Å²) in [6, 6.07) is 8.35. The second-order valence-electron chi connectivity index (χ2n) is 6.46. The number of hydrogen-bond acceptors (Lipinski definition) is 2. The maximum atomic E-state index is 13.5. The van der Waals surface area contributed by atoms with Crippen LogP contribution in [0.4, 0.5) is 8.78 Å². The van der Waals surface area contributed by atoms with Gasteiger partial charge in [0.05, 0.1) is 5.69 Å². The highest BCUT2D eigenvalue weighted by Gasteiger charge is 2.71. The third kappa shape index (κ3) is 2.29. The Kier molecular flexibility index (Phi) is 3.14. The molecule has 2 aromatic rings. The molecule has 0 spiro atoms. The van der Waals surface area contributed by atoms with Crippen molar-refractivity contribution in [2.45, 2.75) is 31.6 Å². The molecule has 120 valence electrons. The molecule has 0 saturated heterocycles. The van der Waals surface area contributed by atoms with E-state index < -0.39 is 17.8 Å². The van der Waals surface area contributed by atoms with Crippen LogP contribution in [0, 0.1) is 18.8 Å². The van der Waals surface area contributed by atoms with E-state index >= 15 is 0 Å². The molecule has 1 aromatic carbocycles. The summed E-state index contributed by atoms with van der Waals surface area (Å²) in [7, 11) is 0. The molecule has 1 aromatic heterocycles. The van der Waals surface area contributed by atoms with Crippen LogP contribution in [0.2, 0.25) is 5.02 Å². The predicted molar refractivity (Wildman–Crippen MR) is 83.5 cm³/mol. The van der Waals surface area contributed by atoms with E-state index in [2.05, 4.69) is 4.98 Å². The Morgan fingerprint density at radius 1 is 1.22 bits per heavy atom. The third-order valence-electron chi connectivity index (χ3n) is 4.96. The van der Waals surface area contributed by atoms with Gasteiger partial charge in [0.2, 0.25) is 0 Å². The molecule has 0 N–H and O–H groups in total. The number of aryl methyl sites for hydroxylation is 1. The summed E-state index contributed by atoms with van der Waals surface area (Å²) in [4.78, 5) is 17.0. The van der Waals surface area contributed by atoms with Gasteiger partial charge in [-0.05, 0) is 44.0 Å². The van der Waals surface area contributed by atoms with Crippen LogP contribution >= 0.6 is 11.6 Å². The minimum absolute atomic E-state index is 0.104. The van der Waals surface area contributed by atoms with E-state index in [9.17, 15) is 13.6 Å². The van der Waals surface area contributed by atoms with Gasteiger partial charge in [0.1, 0.15) is 5.82 Å². The van der Waals surface area contributed by atoms with E-state index in [1.165, 1.54) is 10.6 Å². The van der Waals surface area contributed by atoms with Crippen LogP contribution in [-0.4, -0.2) is 15.5 Å². The highest BCUT2D eigenvalue weighted by molar-refractivity contribution is 6.30. The lowest BCUT2D eigenvalue weighted by atomic mass is 10.0. The number of halogens is 3.